The van der Waals surface area contributed by atoms with Crippen LogP contribution in [0.2, 0.25) is 0 Å². The van der Waals surface area contributed by atoms with Crippen LogP contribution in [0.5, 0.6) is 0 Å². The summed E-state index contributed by atoms with van der Waals surface area (Å²) < 4.78 is 0. The van der Waals surface area contributed by atoms with Crippen molar-refractivity contribution in [3.05, 3.63) is 197 Å². The predicted octanol–water partition coefficient (Wildman–Crippen LogP) is 12.1. The molecule has 0 aliphatic rings. The molecule has 0 amide bonds. The zero-order valence-electron chi connectivity index (χ0n) is 28.0. The summed E-state index contributed by atoms with van der Waals surface area (Å²) in [5.41, 5.74) is 10.9. The number of nitrogens with zero attached hydrogens (tertiary/aromatic N) is 1. The van der Waals surface area contributed by atoms with Crippen molar-refractivity contribution < 1.29 is 0 Å². The van der Waals surface area contributed by atoms with Gasteiger partial charge in [-0.1, -0.05) is 169 Å². The van der Waals surface area contributed by atoms with E-state index in [9.17, 15) is 0 Å². The van der Waals surface area contributed by atoms with Gasteiger partial charge in [0.15, 0.2) is 0 Å². The van der Waals surface area contributed by atoms with Crippen LogP contribution in [0, 0.1) is 0 Å². The van der Waals surface area contributed by atoms with Crippen molar-refractivity contribution in [3.8, 4) is 0 Å². The summed E-state index contributed by atoms with van der Waals surface area (Å²) in [5, 5.41) is 0. The molecular formula is C45H45N. The topological polar surface area (TPSA) is 3.24 Å². The van der Waals surface area contributed by atoms with Crippen LogP contribution in [0.1, 0.15) is 74.9 Å². The Morgan fingerprint density at radius 2 is 0.457 bits per heavy atom. The first-order valence-electron chi connectivity index (χ1n) is 16.4. The number of hydrogen-bond acceptors (Lipinski definition) is 1. The molecule has 0 N–H and O–H groups in total. The molecule has 6 aromatic rings. The largest absolute Gasteiger partial charge is 0.311 e. The molecule has 0 radical (unpaired) electrons. The van der Waals surface area contributed by atoms with Gasteiger partial charge in [0.2, 0.25) is 0 Å². The fourth-order valence-corrected chi connectivity index (χ4v) is 6.59. The summed E-state index contributed by atoms with van der Waals surface area (Å²) >= 11 is 0. The Morgan fingerprint density at radius 3 is 0.674 bits per heavy atom. The quantitative estimate of drug-likeness (QED) is 0.160. The van der Waals surface area contributed by atoms with E-state index >= 15 is 0 Å². The van der Waals surface area contributed by atoms with Gasteiger partial charge >= 0.3 is 0 Å². The summed E-state index contributed by atoms with van der Waals surface area (Å²) in [5.74, 6) is 0. The van der Waals surface area contributed by atoms with Crippen molar-refractivity contribution in [3.63, 3.8) is 0 Å². The third kappa shape index (κ3) is 6.03. The molecule has 0 fully saturated rings. The number of hydrogen-bond donors (Lipinski definition) is 0. The second-order valence-corrected chi connectivity index (χ2v) is 13.9. The third-order valence-electron chi connectivity index (χ3n) is 10.0. The van der Waals surface area contributed by atoms with Crippen molar-refractivity contribution in [2.24, 2.45) is 0 Å². The Balaban J connectivity index is 1.39. The Labute approximate surface area is 276 Å². The van der Waals surface area contributed by atoms with Gasteiger partial charge in [-0.25, -0.2) is 0 Å². The van der Waals surface area contributed by atoms with Gasteiger partial charge in [-0.2, -0.15) is 0 Å². The van der Waals surface area contributed by atoms with Crippen LogP contribution >= 0.6 is 0 Å². The minimum atomic E-state index is -0.0973. The van der Waals surface area contributed by atoms with Crippen molar-refractivity contribution in [1.82, 2.24) is 0 Å². The van der Waals surface area contributed by atoms with Crippen molar-refractivity contribution >= 4 is 17.1 Å². The van der Waals surface area contributed by atoms with Crippen LogP contribution in [0.3, 0.4) is 0 Å². The van der Waals surface area contributed by atoms with Gasteiger partial charge < -0.3 is 4.90 Å². The molecule has 6 aromatic carbocycles. The standard InChI is InChI=1S/C45H45N/c1-43(2,34-16-10-7-11-17-34)37-22-28-40(29-23-37)46(41-30-24-38(25-31-41)44(3,4)35-18-12-8-13-19-35)42-32-26-39(27-33-42)45(5,6)36-20-14-9-15-21-36/h7-33H,1-6H3. The van der Waals surface area contributed by atoms with Crippen molar-refractivity contribution in [1.29, 1.82) is 0 Å². The molecule has 0 aliphatic carbocycles. The number of anilines is 3. The van der Waals surface area contributed by atoms with E-state index in [1.54, 1.807) is 0 Å². The lowest BCUT2D eigenvalue weighted by Crippen LogP contribution is -2.20. The fraction of sp³-hybridized carbons (Fsp3) is 0.200. The molecule has 0 bridgehead atoms. The van der Waals surface area contributed by atoms with E-state index in [1.165, 1.54) is 33.4 Å². The van der Waals surface area contributed by atoms with E-state index < -0.39 is 0 Å². The van der Waals surface area contributed by atoms with Gasteiger partial charge in [-0.15, -0.1) is 0 Å². The molecule has 0 atom stereocenters. The molecule has 1 nitrogen and oxygen atoms in total. The monoisotopic (exact) mass is 599 g/mol. The highest BCUT2D eigenvalue weighted by Crippen LogP contribution is 2.40. The average molecular weight is 600 g/mol. The summed E-state index contributed by atoms with van der Waals surface area (Å²) in [6.07, 6.45) is 0. The van der Waals surface area contributed by atoms with E-state index in [0.29, 0.717) is 0 Å². The summed E-state index contributed by atoms with van der Waals surface area (Å²) in [7, 11) is 0. The fourth-order valence-electron chi connectivity index (χ4n) is 6.59. The molecule has 0 aromatic heterocycles. The van der Waals surface area contributed by atoms with E-state index in [2.05, 4.69) is 210 Å². The predicted molar refractivity (Wildman–Crippen MR) is 197 cm³/mol. The van der Waals surface area contributed by atoms with Crippen LogP contribution < -0.4 is 4.90 Å². The summed E-state index contributed by atoms with van der Waals surface area (Å²) in [4.78, 5) is 2.37. The molecule has 0 heterocycles. The lowest BCUT2D eigenvalue weighted by Gasteiger charge is -2.31. The lowest BCUT2D eigenvalue weighted by molar-refractivity contribution is 0.640. The smallest absolute Gasteiger partial charge is 0.0461 e. The first kappa shape index (κ1) is 31.1. The molecule has 0 spiro atoms. The second-order valence-electron chi connectivity index (χ2n) is 13.9. The Kier molecular flexibility index (Phi) is 8.45. The van der Waals surface area contributed by atoms with Gasteiger partial charge in [0.05, 0.1) is 0 Å². The van der Waals surface area contributed by atoms with E-state index in [0.717, 1.165) is 17.1 Å². The van der Waals surface area contributed by atoms with E-state index in [1.807, 2.05) is 0 Å². The van der Waals surface area contributed by atoms with Gasteiger partial charge in [0, 0.05) is 33.3 Å². The van der Waals surface area contributed by atoms with Gasteiger partial charge in [0.1, 0.15) is 0 Å². The van der Waals surface area contributed by atoms with Crippen molar-refractivity contribution in [2.45, 2.75) is 57.8 Å². The van der Waals surface area contributed by atoms with Crippen LogP contribution in [-0.2, 0) is 16.2 Å². The zero-order valence-corrected chi connectivity index (χ0v) is 28.0. The second kappa shape index (κ2) is 12.5. The maximum atomic E-state index is 2.37. The maximum Gasteiger partial charge on any atom is 0.0461 e. The summed E-state index contributed by atoms with van der Waals surface area (Å²) in [6, 6.07) is 59.6. The molecule has 0 aliphatic heterocycles. The first-order valence-corrected chi connectivity index (χ1v) is 16.4. The normalized spacial score (nSPS) is 12.1. The first-order chi connectivity index (χ1) is 22.1. The molecule has 0 saturated heterocycles. The highest BCUT2D eigenvalue weighted by Gasteiger charge is 2.26. The SMILES string of the molecule is CC(C)(c1ccccc1)c1ccc(N(c2ccc(C(C)(C)c3ccccc3)cc2)c2ccc(C(C)(C)c3ccccc3)cc2)cc1. The summed E-state index contributed by atoms with van der Waals surface area (Å²) in [6.45, 7) is 13.8. The van der Waals surface area contributed by atoms with Crippen LogP contribution in [-0.4, -0.2) is 0 Å². The van der Waals surface area contributed by atoms with E-state index in [4.69, 9.17) is 0 Å². The van der Waals surface area contributed by atoms with Crippen LogP contribution in [0.15, 0.2) is 164 Å². The van der Waals surface area contributed by atoms with Crippen LogP contribution in [0.25, 0.3) is 0 Å². The Hall–Kier alpha value is -4.88. The minimum absolute atomic E-state index is 0.0973. The molecule has 6 rings (SSSR count). The van der Waals surface area contributed by atoms with Gasteiger partial charge in [-0.05, 0) is 69.8 Å². The maximum absolute atomic E-state index is 2.37. The van der Waals surface area contributed by atoms with Gasteiger partial charge in [0.25, 0.3) is 0 Å². The lowest BCUT2D eigenvalue weighted by atomic mass is 9.78. The highest BCUT2D eigenvalue weighted by atomic mass is 15.1. The molecule has 230 valence electrons. The molecule has 46 heavy (non-hydrogen) atoms. The van der Waals surface area contributed by atoms with Gasteiger partial charge in [-0.3, -0.25) is 0 Å². The van der Waals surface area contributed by atoms with E-state index in [-0.39, 0.29) is 16.2 Å². The Bertz CT molecular complexity index is 1620. The minimum Gasteiger partial charge on any atom is -0.311 e. The van der Waals surface area contributed by atoms with Crippen molar-refractivity contribution in [2.75, 3.05) is 4.90 Å². The third-order valence-corrected chi connectivity index (χ3v) is 10.0. The average Bonchev–Trinajstić information content (AvgIpc) is 3.10. The number of rotatable bonds is 9. The zero-order chi connectivity index (χ0) is 32.4. The number of benzene rings is 6. The molecular weight excluding hydrogens is 555 g/mol. The van der Waals surface area contributed by atoms with Crippen LogP contribution in [0.4, 0.5) is 17.1 Å². The highest BCUT2D eigenvalue weighted by molar-refractivity contribution is 5.77. The Morgan fingerprint density at radius 1 is 0.261 bits per heavy atom. The molecule has 0 saturated carbocycles. The molecule has 1 heteroatoms. The molecule has 0 unspecified atom stereocenters.